The van der Waals surface area contributed by atoms with Crippen LogP contribution in [0, 0.1) is 5.92 Å². The minimum Gasteiger partial charge on any atom is -0.496 e. The fraction of sp³-hybridized carbons (Fsp3) is 0.364. The second-order valence-corrected chi connectivity index (χ2v) is 8.22. The number of aromatic nitrogens is 4. The molecule has 1 atom stereocenters. The Morgan fingerprint density at radius 1 is 1.20 bits per heavy atom. The van der Waals surface area contributed by atoms with E-state index in [0.29, 0.717) is 18.2 Å². The lowest BCUT2D eigenvalue weighted by Crippen LogP contribution is -2.35. The number of methoxy groups -OCH3 is 1. The summed E-state index contributed by atoms with van der Waals surface area (Å²) in [6, 6.07) is 11.5. The number of thioether (sulfide) groups is 1. The first-order valence-corrected chi connectivity index (χ1v) is 10.8. The van der Waals surface area contributed by atoms with Crippen molar-refractivity contribution in [1.29, 1.82) is 0 Å². The van der Waals surface area contributed by atoms with Crippen molar-refractivity contribution in [3.8, 4) is 17.1 Å². The molecule has 0 aliphatic rings. The number of hydrogen-bond donors (Lipinski definition) is 1. The summed E-state index contributed by atoms with van der Waals surface area (Å²) >= 11 is 1.44. The molecule has 0 spiro atoms. The zero-order chi connectivity index (χ0) is 21.5. The molecule has 0 fully saturated rings. The maximum atomic E-state index is 12.9. The summed E-state index contributed by atoms with van der Waals surface area (Å²) in [6.07, 6.45) is 3.47. The highest BCUT2D eigenvalue weighted by molar-refractivity contribution is 8.00. The minimum absolute atomic E-state index is 0.0247. The second-order valence-electron chi connectivity index (χ2n) is 7.11. The fourth-order valence-corrected chi connectivity index (χ4v) is 4.21. The van der Waals surface area contributed by atoms with Crippen molar-refractivity contribution < 1.29 is 9.53 Å². The van der Waals surface area contributed by atoms with E-state index in [4.69, 9.17) is 4.74 Å². The normalized spacial score (nSPS) is 12.0. The molecule has 0 bridgehead atoms. The number of para-hydroxylation sites is 1. The van der Waals surface area contributed by atoms with Crippen LogP contribution in [0.25, 0.3) is 11.4 Å². The van der Waals surface area contributed by atoms with E-state index in [9.17, 15) is 4.79 Å². The van der Waals surface area contributed by atoms with Gasteiger partial charge in [0.2, 0.25) is 5.91 Å². The first kappa shape index (κ1) is 21.8. The monoisotopic (exact) mass is 425 g/mol. The number of hydrogen-bond acceptors (Lipinski definition) is 6. The molecule has 1 amide bonds. The van der Waals surface area contributed by atoms with Crippen LogP contribution in [0.1, 0.15) is 26.3 Å². The van der Waals surface area contributed by atoms with Gasteiger partial charge in [-0.2, -0.15) is 0 Å². The largest absolute Gasteiger partial charge is 0.496 e. The number of nitrogens with zero attached hydrogens (tertiary/aromatic N) is 4. The van der Waals surface area contributed by atoms with Crippen molar-refractivity contribution in [1.82, 2.24) is 25.1 Å². The van der Waals surface area contributed by atoms with E-state index in [-0.39, 0.29) is 17.1 Å². The zero-order valence-corrected chi connectivity index (χ0v) is 18.5. The molecule has 0 saturated carbocycles. The Morgan fingerprint density at radius 3 is 2.67 bits per heavy atom. The summed E-state index contributed by atoms with van der Waals surface area (Å²) in [4.78, 5) is 17.0. The molecule has 8 heteroatoms. The number of ether oxygens (including phenoxy) is 1. The van der Waals surface area contributed by atoms with Crippen LogP contribution in [0.3, 0.4) is 0 Å². The van der Waals surface area contributed by atoms with Gasteiger partial charge in [-0.3, -0.25) is 9.78 Å². The first-order chi connectivity index (χ1) is 14.5. The van der Waals surface area contributed by atoms with E-state index >= 15 is 0 Å². The smallest absolute Gasteiger partial charge is 0.234 e. The van der Waals surface area contributed by atoms with Crippen LogP contribution in [0.15, 0.2) is 53.9 Å². The Hall–Kier alpha value is -2.87. The van der Waals surface area contributed by atoms with Gasteiger partial charge in [-0.15, -0.1) is 10.2 Å². The Kier molecular flexibility index (Phi) is 7.46. The molecule has 0 radical (unpaired) electrons. The summed E-state index contributed by atoms with van der Waals surface area (Å²) in [6.45, 7) is 7.25. The molecule has 3 rings (SSSR count). The molecule has 1 unspecified atom stereocenters. The molecule has 3 aromatic rings. The predicted octanol–water partition coefficient (Wildman–Crippen LogP) is 3.80. The lowest BCUT2D eigenvalue weighted by molar-refractivity contribution is -0.121. The van der Waals surface area contributed by atoms with E-state index in [0.717, 1.165) is 22.7 Å². The van der Waals surface area contributed by atoms with Crippen LogP contribution in [-0.2, 0) is 17.9 Å². The van der Waals surface area contributed by atoms with Gasteiger partial charge in [0.25, 0.3) is 0 Å². The van der Waals surface area contributed by atoms with E-state index in [1.165, 1.54) is 11.8 Å². The second kappa shape index (κ2) is 10.2. The van der Waals surface area contributed by atoms with Gasteiger partial charge in [-0.05, 0) is 36.6 Å². The van der Waals surface area contributed by atoms with Gasteiger partial charge in [0.15, 0.2) is 11.0 Å². The summed E-state index contributed by atoms with van der Waals surface area (Å²) < 4.78 is 7.50. The highest BCUT2D eigenvalue weighted by Gasteiger charge is 2.27. The molecule has 2 heterocycles. The molecule has 0 aliphatic heterocycles. The lowest BCUT2D eigenvalue weighted by Gasteiger charge is -2.20. The third kappa shape index (κ3) is 4.99. The summed E-state index contributed by atoms with van der Waals surface area (Å²) in [5.74, 6) is 1.57. The predicted molar refractivity (Wildman–Crippen MR) is 118 cm³/mol. The third-order valence-corrected chi connectivity index (χ3v) is 6.19. The van der Waals surface area contributed by atoms with Gasteiger partial charge in [0, 0.05) is 25.5 Å². The topological polar surface area (TPSA) is 81.9 Å². The number of carbonyl (C=O) groups is 1. The molecule has 7 nitrogen and oxygen atoms in total. The van der Waals surface area contributed by atoms with Crippen molar-refractivity contribution in [2.75, 3.05) is 7.11 Å². The molecule has 1 N–H and O–H groups in total. The fourth-order valence-electron chi connectivity index (χ4n) is 3.09. The van der Waals surface area contributed by atoms with Gasteiger partial charge in [0.05, 0.1) is 17.9 Å². The van der Waals surface area contributed by atoms with Crippen LogP contribution in [0.5, 0.6) is 5.75 Å². The number of carbonyl (C=O) groups excluding carboxylic acids is 1. The molecule has 2 aromatic heterocycles. The molecular formula is C22H27N5O2S. The van der Waals surface area contributed by atoms with Gasteiger partial charge < -0.3 is 14.6 Å². The van der Waals surface area contributed by atoms with Crippen molar-refractivity contribution in [3.05, 3.63) is 54.4 Å². The van der Waals surface area contributed by atoms with Gasteiger partial charge >= 0.3 is 0 Å². The van der Waals surface area contributed by atoms with Crippen LogP contribution in [0.4, 0.5) is 0 Å². The van der Waals surface area contributed by atoms with Crippen LogP contribution in [0.2, 0.25) is 0 Å². The maximum Gasteiger partial charge on any atom is 0.234 e. The van der Waals surface area contributed by atoms with Crippen LogP contribution >= 0.6 is 11.8 Å². The Morgan fingerprint density at radius 2 is 2.00 bits per heavy atom. The van der Waals surface area contributed by atoms with E-state index < -0.39 is 0 Å². The van der Waals surface area contributed by atoms with Crippen molar-refractivity contribution >= 4 is 17.7 Å². The van der Waals surface area contributed by atoms with Crippen LogP contribution < -0.4 is 10.1 Å². The van der Waals surface area contributed by atoms with Gasteiger partial charge in [0.1, 0.15) is 5.75 Å². The quantitative estimate of drug-likeness (QED) is 0.525. The van der Waals surface area contributed by atoms with Crippen LogP contribution in [-0.4, -0.2) is 38.0 Å². The number of pyridine rings is 1. The maximum absolute atomic E-state index is 12.9. The standard InChI is InChI=1S/C22H27N5O2S/c1-5-27-20(17-10-6-7-11-18(17)29-4)25-26-22(27)30-19(15(2)3)21(28)24-14-16-9-8-12-23-13-16/h6-13,15,19H,5,14H2,1-4H3,(H,24,28). The number of nitrogens with one attached hydrogen (secondary N) is 1. The van der Waals surface area contributed by atoms with Gasteiger partial charge in [-0.25, -0.2) is 0 Å². The Bertz CT molecular complexity index is 975. The van der Waals surface area contributed by atoms with E-state index in [1.54, 1.807) is 19.5 Å². The molecule has 0 saturated heterocycles. The van der Waals surface area contributed by atoms with E-state index in [2.05, 4.69) is 20.5 Å². The highest BCUT2D eigenvalue weighted by Crippen LogP contribution is 2.33. The first-order valence-electron chi connectivity index (χ1n) is 9.95. The molecular weight excluding hydrogens is 398 g/mol. The summed E-state index contributed by atoms with van der Waals surface area (Å²) in [5.41, 5.74) is 1.84. The molecule has 30 heavy (non-hydrogen) atoms. The Labute approximate surface area is 181 Å². The average Bonchev–Trinajstić information content (AvgIpc) is 3.18. The number of rotatable bonds is 9. The SMILES string of the molecule is CCn1c(SC(C(=O)NCc2cccnc2)C(C)C)nnc1-c1ccccc1OC. The van der Waals surface area contributed by atoms with Crippen molar-refractivity contribution in [2.24, 2.45) is 5.92 Å². The minimum atomic E-state index is -0.290. The zero-order valence-electron chi connectivity index (χ0n) is 17.7. The Balaban J connectivity index is 1.80. The van der Waals surface area contributed by atoms with Crippen molar-refractivity contribution in [2.45, 2.75) is 44.3 Å². The summed E-state index contributed by atoms with van der Waals surface area (Å²) in [5, 5.41) is 12.2. The third-order valence-electron chi connectivity index (χ3n) is 4.67. The summed E-state index contributed by atoms with van der Waals surface area (Å²) in [7, 11) is 1.64. The molecule has 0 aliphatic carbocycles. The highest BCUT2D eigenvalue weighted by atomic mass is 32.2. The average molecular weight is 426 g/mol. The number of benzene rings is 1. The molecule has 1 aromatic carbocycles. The van der Waals surface area contributed by atoms with E-state index in [1.807, 2.05) is 61.7 Å². The molecule has 158 valence electrons. The van der Waals surface area contributed by atoms with Gasteiger partial charge in [-0.1, -0.05) is 43.8 Å². The van der Waals surface area contributed by atoms with Crippen molar-refractivity contribution in [3.63, 3.8) is 0 Å². The lowest BCUT2D eigenvalue weighted by atomic mass is 10.1. The number of amides is 1.